The van der Waals surface area contributed by atoms with Crippen molar-refractivity contribution in [1.82, 2.24) is 4.31 Å². The van der Waals surface area contributed by atoms with Crippen molar-refractivity contribution in [1.29, 1.82) is 5.26 Å². The molecule has 9 heteroatoms. The van der Waals surface area contributed by atoms with E-state index in [0.29, 0.717) is 16.8 Å². The van der Waals surface area contributed by atoms with Crippen LogP contribution in [0, 0.1) is 11.3 Å². The van der Waals surface area contributed by atoms with Gasteiger partial charge in [0, 0.05) is 19.7 Å². The zero-order chi connectivity index (χ0) is 20.7. The number of nitriles is 1. The van der Waals surface area contributed by atoms with E-state index in [4.69, 9.17) is 10.00 Å². The van der Waals surface area contributed by atoms with Crippen LogP contribution in [0.15, 0.2) is 53.4 Å². The lowest BCUT2D eigenvalue weighted by atomic mass is 10.2. The van der Waals surface area contributed by atoms with Crippen LogP contribution in [0.5, 0.6) is 0 Å². The molecule has 0 atom stereocenters. The van der Waals surface area contributed by atoms with E-state index in [1.807, 2.05) is 6.07 Å². The number of sulfonamides is 1. The summed E-state index contributed by atoms with van der Waals surface area (Å²) in [5.41, 5.74) is 1.65. The molecular weight excluding hydrogens is 382 g/mol. The van der Waals surface area contributed by atoms with E-state index in [9.17, 15) is 18.0 Å². The van der Waals surface area contributed by atoms with Gasteiger partial charge in [-0.15, -0.1) is 0 Å². The number of carbonyl (C=O) groups excluding carboxylic acids is 2. The molecule has 0 saturated heterocycles. The second kappa shape index (κ2) is 9.12. The number of likely N-dealkylation sites (N-methyl/N-ethyl adjacent to an activating group) is 1. The molecule has 0 radical (unpaired) electrons. The molecular formula is C19H19N3O5S. The molecule has 0 saturated carbocycles. The standard InChI is InChI=1S/C19H19N3O5S/c1-14(23)21-17-7-9-18(10-8-17)28(25,26)22(2)12-19(24)27-13-16-5-3-15(11-20)4-6-16/h3-10H,12-13H2,1-2H3,(H,21,23). The Hall–Kier alpha value is -3.22. The number of hydrogen-bond acceptors (Lipinski definition) is 6. The van der Waals surface area contributed by atoms with Crippen molar-refractivity contribution >= 4 is 27.6 Å². The van der Waals surface area contributed by atoms with Crippen LogP contribution in [-0.2, 0) is 31.0 Å². The van der Waals surface area contributed by atoms with Gasteiger partial charge in [-0.1, -0.05) is 12.1 Å². The van der Waals surface area contributed by atoms with Crippen LogP contribution in [0.25, 0.3) is 0 Å². The summed E-state index contributed by atoms with van der Waals surface area (Å²) in [6.07, 6.45) is 0. The molecule has 1 N–H and O–H groups in total. The Balaban J connectivity index is 1.95. The molecule has 28 heavy (non-hydrogen) atoms. The number of hydrogen-bond donors (Lipinski definition) is 1. The van der Waals surface area contributed by atoms with Gasteiger partial charge in [-0.2, -0.15) is 9.57 Å². The van der Waals surface area contributed by atoms with Gasteiger partial charge >= 0.3 is 5.97 Å². The van der Waals surface area contributed by atoms with Crippen molar-refractivity contribution in [3.05, 3.63) is 59.7 Å². The molecule has 0 unspecified atom stereocenters. The lowest BCUT2D eigenvalue weighted by molar-refractivity contribution is -0.144. The highest BCUT2D eigenvalue weighted by molar-refractivity contribution is 7.89. The summed E-state index contributed by atoms with van der Waals surface area (Å²) in [5.74, 6) is -0.969. The van der Waals surface area contributed by atoms with Gasteiger partial charge in [0.25, 0.3) is 0 Å². The number of nitrogens with zero attached hydrogens (tertiary/aromatic N) is 2. The molecule has 2 rings (SSSR count). The first kappa shape index (κ1) is 21.1. The number of ether oxygens (including phenoxy) is 1. The molecule has 2 aromatic rings. The van der Waals surface area contributed by atoms with Crippen LogP contribution in [0.3, 0.4) is 0 Å². The molecule has 0 aliphatic carbocycles. The predicted octanol–water partition coefficient (Wildman–Crippen LogP) is 1.88. The number of nitrogens with one attached hydrogen (secondary N) is 1. The summed E-state index contributed by atoms with van der Waals surface area (Å²) < 4.78 is 31.1. The monoisotopic (exact) mass is 401 g/mol. The van der Waals surface area contributed by atoms with Crippen molar-refractivity contribution in [3.63, 3.8) is 0 Å². The fourth-order valence-corrected chi connectivity index (χ4v) is 3.36. The number of rotatable bonds is 7. The minimum atomic E-state index is -3.89. The fraction of sp³-hybridized carbons (Fsp3) is 0.211. The molecule has 2 aromatic carbocycles. The molecule has 0 heterocycles. The molecule has 0 aliphatic heterocycles. The Kier molecular flexibility index (Phi) is 6.87. The molecule has 1 amide bonds. The van der Waals surface area contributed by atoms with E-state index in [0.717, 1.165) is 4.31 Å². The fourth-order valence-electron chi connectivity index (χ4n) is 2.25. The van der Waals surface area contributed by atoms with E-state index >= 15 is 0 Å². The van der Waals surface area contributed by atoms with Crippen LogP contribution >= 0.6 is 0 Å². The summed E-state index contributed by atoms with van der Waals surface area (Å²) in [5, 5.41) is 11.3. The summed E-state index contributed by atoms with van der Waals surface area (Å²) >= 11 is 0. The molecule has 0 aromatic heterocycles. The number of esters is 1. The van der Waals surface area contributed by atoms with Crippen molar-refractivity contribution in [2.24, 2.45) is 0 Å². The largest absolute Gasteiger partial charge is 0.460 e. The second-order valence-corrected chi connectivity index (χ2v) is 7.98. The topological polar surface area (TPSA) is 117 Å². The lowest BCUT2D eigenvalue weighted by Crippen LogP contribution is -2.33. The van der Waals surface area contributed by atoms with Crippen LogP contribution in [0.2, 0.25) is 0 Å². The average molecular weight is 401 g/mol. The number of anilines is 1. The number of amides is 1. The Bertz CT molecular complexity index is 993. The molecule has 0 spiro atoms. The van der Waals surface area contributed by atoms with Gasteiger partial charge in [0.15, 0.2) is 0 Å². The first-order valence-electron chi connectivity index (χ1n) is 8.21. The first-order valence-corrected chi connectivity index (χ1v) is 9.65. The highest BCUT2D eigenvalue weighted by atomic mass is 32.2. The van der Waals surface area contributed by atoms with Gasteiger partial charge in [-0.25, -0.2) is 8.42 Å². The van der Waals surface area contributed by atoms with Crippen LogP contribution in [-0.4, -0.2) is 38.2 Å². The summed E-state index contributed by atoms with van der Waals surface area (Å²) in [4.78, 5) is 23.0. The Labute approximate surface area is 163 Å². The third-order valence-corrected chi connectivity index (χ3v) is 5.54. The van der Waals surface area contributed by atoms with E-state index in [-0.39, 0.29) is 17.4 Å². The maximum atomic E-state index is 12.5. The van der Waals surface area contributed by atoms with Gasteiger partial charge in [0.05, 0.1) is 16.5 Å². The second-order valence-electron chi connectivity index (χ2n) is 5.94. The molecule has 146 valence electrons. The third kappa shape index (κ3) is 5.64. The summed E-state index contributed by atoms with van der Waals surface area (Å²) in [6.45, 7) is 0.873. The molecule has 0 bridgehead atoms. The lowest BCUT2D eigenvalue weighted by Gasteiger charge is -2.16. The maximum Gasteiger partial charge on any atom is 0.321 e. The van der Waals surface area contributed by atoms with Gasteiger partial charge < -0.3 is 10.1 Å². The minimum Gasteiger partial charge on any atom is -0.460 e. The van der Waals surface area contributed by atoms with E-state index in [1.54, 1.807) is 24.3 Å². The van der Waals surface area contributed by atoms with Crippen LogP contribution < -0.4 is 5.32 Å². The predicted molar refractivity (Wildman–Crippen MR) is 102 cm³/mol. The molecule has 8 nitrogen and oxygen atoms in total. The zero-order valence-corrected chi connectivity index (χ0v) is 16.2. The van der Waals surface area contributed by atoms with Crippen molar-refractivity contribution < 1.29 is 22.7 Å². The van der Waals surface area contributed by atoms with Crippen LogP contribution in [0.4, 0.5) is 5.69 Å². The van der Waals surface area contributed by atoms with Crippen molar-refractivity contribution in [3.8, 4) is 6.07 Å². The van der Waals surface area contributed by atoms with Gasteiger partial charge in [0.1, 0.15) is 13.2 Å². The average Bonchev–Trinajstić information content (AvgIpc) is 2.66. The molecule has 0 fully saturated rings. The zero-order valence-electron chi connectivity index (χ0n) is 15.4. The Morgan fingerprint density at radius 1 is 1.11 bits per heavy atom. The van der Waals surface area contributed by atoms with Crippen LogP contribution in [0.1, 0.15) is 18.1 Å². The summed E-state index contributed by atoms with van der Waals surface area (Å²) in [6, 6.07) is 14.1. The minimum absolute atomic E-state index is 0.0102. The number of carbonyl (C=O) groups is 2. The highest BCUT2D eigenvalue weighted by Gasteiger charge is 2.23. The number of benzene rings is 2. The van der Waals surface area contributed by atoms with Crippen molar-refractivity contribution in [2.75, 3.05) is 18.9 Å². The molecule has 0 aliphatic rings. The SMILES string of the molecule is CC(=O)Nc1ccc(S(=O)(=O)N(C)CC(=O)OCc2ccc(C#N)cc2)cc1. The Morgan fingerprint density at radius 3 is 2.25 bits per heavy atom. The summed E-state index contributed by atoms with van der Waals surface area (Å²) in [7, 11) is -2.61. The third-order valence-electron chi connectivity index (χ3n) is 3.72. The highest BCUT2D eigenvalue weighted by Crippen LogP contribution is 2.17. The first-order chi connectivity index (χ1) is 13.2. The quantitative estimate of drug-likeness (QED) is 0.708. The normalized spacial score (nSPS) is 10.9. The smallest absolute Gasteiger partial charge is 0.321 e. The maximum absolute atomic E-state index is 12.5. The van der Waals surface area contributed by atoms with Crippen molar-refractivity contribution in [2.45, 2.75) is 18.4 Å². The van der Waals surface area contributed by atoms with Gasteiger partial charge in [-0.05, 0) is 42.0 Å². The van der Waals surface area contributed by atoms with Gasteiger partial charge in [0.2, 0.25) is 15.9 Å². The van der Waals surface area contributed by atoms with E-state index in [2.05, 4.69) is 5.32 Å². The Morgan fingerprint density at radius 2 is 1.71 bits per heavy atom. The van der Waals surface area contributed by atoms with Gasteiger partial charge in [-0.3, -0.25) is 9.59 Å². The van der Waals surface area contributed by atoms with E-state index < -0.39 is 22.5 Å². The van der Waals surface area contributed by atoms with E-state index in [1.165, 1.54) is 38.2 Å².